The number of rotatable bonds is 2. The smallest absolute Gasteiger partial charge is 0.173 e. The lowest BCUT2D eigenvalue weighted by Crippen LogP contribution is -2.64. The van der Waals surface area contributed by atoms with Crippen LogP contribution in [0.15, 0.2) is 18.2 Å². The minimum atomic E-state index is 0.545. The fourth-order valence-corrected chi connectivity index (χ4v) is 7.28. The number of aryl methyl sites for hydroxylation is 2. The van der Waals surface area contributed by atoms with Gasteiger partial charge in [0.25, 0.3) is 0 Å². The van der Waals surface area contributed by atoms with E-state index in [4.69, 9.17) is 12.2 Å². The van der Waals surface area contributed by atoms with Crippen molar-refractivity contribution < 1.29 is 0 Å². The first-order valence-electron chi connectivity index (χ1n) is 10.9. The molecule has 146 valence electrons. The average Bonchev–Trinajstić information content (AvgIpc) is 2.63. The van der Waals surface area contributed by atoms with Crippen LogP contribution in [0.1, 0.15) is 49.7 Å². The van der Waals surface area contributed by atoms with Gasteiger partial charge < -0.3 is 10.2 Å². The molecule has 4 aliphatic carbocycles. The Bertz CT molecular complexity index is 700. The molecule has 1 heterocycles. The molecule has 1 aromatic rings. The molecule has 4 saturated carbocycles. The highest BCUT2D eigenvalue weighted by atomic mass is 32.1. The molecule has 27 heavy (non-hydrogen) atoms. The zero-order valence-corrected chi connectivity index (χ0v) is 17.7. The Hall–Kier alpha value is -1.13. The van der Waals surface area contributed by atoms with Gasteiger partial charge >= 0.3 is 0 Å². The molecular formula is C23H33N3S. The number of piperazine rings is 1. The molecule has 1 N–H and O–H groups in total. The first-order valence-corrected chi connectivity index (χ1v) is 11.3. The highest BCUT2D eigenvalue weighted by Gasteiger charge is 2.53. The maximum atomic E-state index is 5.75. The maximum Gasteiger partial charge on any atom is 0.173 e. The van der Waals surface area contributed by atoms with Crippen LogP contribution < -0.4 is 5.32 Å². The summed E-state index contributed by atoms with van der Waals surface area (Å²) in [5, 5.41) is 4.39. The average molecular weight is 384 g/mol. The summed E-state index contributed by atoms with van der Waals surface area (Å²) in [4.78, 5) is 5.25. The molecule has 0 spiro atoms. The third kappa shape index (κ3) is 3.29. The third-order valence-corrected chi connectivity index (χ3v) is 8.23. The van der Waals surface area contributed by atoms with Crippen LogP contribution in [-0.2, 0) is 0 Å². The number of benzene rings is 1. The molecule has 6 rings (SSSR count). The fourth-order valence-electron chi connectivity index (χ4n) is 6.98. The molecule has 0 amide bonds. The Labute approximate surface area is 169 Å². The van der Waals surface area contributed by atoms with Gasteiger partial charge in [0, 0.05) is 37.4 Å². The summed E-state index contributed by atoms with van der Waals surface area (Å²) in [5.41, 5.74) is 4.26. The highest BCUT2D eigenvalue weighted by Crippen LogP contribution is 2.57. The second-order valence-electron chi connectivity index (χ2n) is 9.86. The number of hydrogen-bond acceptors (Lipinski definition) is 2. The molecule has 3 nitrogen and oxygen atoms in total. The van der Waals surface area contributed by atoms with E-state index in [1.54, 1.807) is 0 Å². The Kier molecular flexibility index (Phi) is 4.47. The van der Waals surface area contributed by atoms with Gasteiger partial charge in [-0.05, 0) is 94.0 Å². The van der Waals surface area contributed by atoms with E-state index < -0.39 is 0 Å². The number of anilines is 1. The molecule has 0 atom stereocenters. The van der Waals surface area contributed by atoms with Gasteiger partial charge in [0.1, 0.15) is 0 Å². The van der Waals surface area contributed by atoms with Gasteiger partial charge in [0.2, 0.25) is 0 Å². The molecular weight excluding hydrogens is 350 g/mol. The van der Waals surface area contributed by atoms with Gasteiger partial charge in [-0.2, -0.15) is 0 Å². The molecule has 1 aromatic carbocycles. The van der Waals surface area contributed by atoms with E-state index in [-0.39, 0.29) is 0 Å². The summed E-state index contributed by atoms with van der Waals surface area (Å²) in [5.74, 6) is 3.09. The molecule has 0 aromatic heterocycles. The van der Waals surface area contributed by atoms with Crippen LogP contribution in [0.25, 0.3) is 0 Å². The Morgan fingerprint density at radius 3 is 2.11 bits per heavy atom. The Morgan fingerprint density at radius 1 is 0.963 bits per heavy atom. The summed E-state index contributed by atoms with van der Waals surface area (Å²) in [6.45, 7) is 8.79. The van der Waals surface area contributed by atoms with Crippen molar-refractivity contribution in [1.82, 2.24) is 9.80 Å². The quantitative estimate of drug-likeness (QED) is 0.753. The standard InChI is InChI=1S/C23H33N3S/c1-16-3-4-21(17(2)9-16)24-22(27)25-5-7-26(8-6-25)23-13-18-10-19(14-23)12-20(11-18)15-23/h3-4,9,18-20H,5-8,10-15H2,1-2H3,(H,24,27). The van der Waals surface area contributed by atoms with Crippen LogP contribution in [0.5, 0.6) is 0 Å². The van der Waals surface area contributed by atoms with E-state index in [0.29, 0.717) is 5.54 Å². The topological polar surface area (TPSA) is 18.5 Å². The number of thiocarbonyl (C=S) groups is 1. The second kappa shape index (κ2) is 6.73. The zero-order valence-electron chi connectivity index (χ0n) is 16.8. The van der Waals surface area contributed by atoms with Gasteiger partial charge in [0.15, 0.2) is 5.11 Å². The molecule has 4 bridgehead atoms. The van der Waals surface area contributed by atoms with Crippen molar-refractivity contribution in [3.8, 4) is 0 Å². The number of nitrogens with zero attached hydrogens (tertiary/aromatic N) is 2. The second-order valence-corrected chi connectivity index (χ2v) is 10.3. The van der Waals surface area contributed by atoms with Crippen molar-refractivity contribution in [2.24, 2.45) is 17.8 Å². The zero-order chi connectivity index (χ0) is 18.6. The maximum absolute atomic E-state index is 5.75. The molecule has 1 saturated heterocycles. The molecule has 4 heteroatoms. The van der Waals surface area contributed by atoms with E-state index in [0.717, 1.165) is 41.6 Å². The van der Waals surface area contributed by atoms with Crippen LogP contribution in [0.2, 0.25) is 0 Å². The van der Waals surface area contributed by atoms with Crippen LogP contribution in [0, 0.1) is 31.6 Å². The van der Waals surface area contributed by atoms with Gasteiger partial charge in [-0.25, -0.2) is 0 Å². The lowest BCUT2D eigenvalue weighted by molar-refractivity contribution is -0.0970. The SMILES string of the molecule is Cc1ccc(NC(=S)N2CCN(C34CC5CC(CC(C5)C3)C4)CC2)c(C)c1. The summed E-state index contributed by atoms with van der Waals surface area (Å²) in [6.07, 6.45) is 9.02. The predicted octanol–water partition coefficient (Wildman–Crippen LogP) is 4.59. The Morgan fingerprint density at radius 2 is 1.56 bits per heavy atom. The van der Waals surface area contributed by atoms with Crippen LogP contribution in [-0.4, -0.2) is 46.6 Å². The van der Waals surface area contributed by atoms with Crippen molar-refractivity contribution in [3.05, 3.63) is 29.3 Å². The minimum Gasteiger partial charge on any atom is -0.346 e. The van der Waals surface area contributed by atoms with Gasteiger partial charge in [-0.1, -0.05) is 17.7 Å². The van der Waals surface area contributed by atoms with Gasteiger partial charge in [0.05, 0.1) is 0 Å². The summed E-state index contributed by atoms with van der Waals surface area (Å²) in [6, 6.07) is 6.53. The van der Waals surface area contributed by atoms with Crippen molar-refractivity contribution in [3.63, 3.8) is 0 Å². The van der Waals surface area contributed by atoms with Crippen molar-refractivity contribution in [2.45, 2.75) is 57.9 Å². The van der Waals surface area contributed by atoms with E-state index in [2.05, 4.69) is 47.2 Å². The Balaban J connectivity index is 1.21. The summed E-state index contributed by atoms with van der Waals surface area (Å²) in [7, 11) is 0. The molecule has 0 radical (unpaired) electrons. The first-order chi connectivity index (χ1) is 13.0. The molecule has 1 aliphatic heterocycles. The molecule has 0 unspecified atom stereocenters. The van der Waals surface area contributed by atoms with Crippen LogP contribution in [0.3, 0.4) is 0 Å². The lowest BCUT2D eigenvalue weighted by atomic mass is 9.52. The highest BCUT2D eigenvalue weighted by molar-refractivity contribution is 7.80. The first kappa shape index (κ1) is 17.9. The minimum absolute atomic E-state index is 0.545. The van der Waals surface area contributed by atoms with Crippen molar-refractivity contribution in [1.29, 1.82) is 0 Å². The van der Waals surface area contributed by atoms with Crippen molar-refractivity contribution in [2.75, 3.05) is 31.5 Å². The van der Waals surface area contributed by atoms with E-state index in [1.165, 1.54) is 62.7 Å². The lowest BCUT2D eigenvalue weighted by Gasteiger charge is -2.61. The monoisotopic (exact) mass is 383 g/mol. The molecule has 5 fully saturated rings. The van der Waals surface area contributed by atoms with E-state index in [1.807, 2.05) is 0 Å². The van der Waals surface area contributed by atoms with Gasteiger partial charge in [-0.3, -0.25) is 4.90 Å². The van der Waals surface area contributed by atoms with Crippen LogP contribution >= 0.6 is 12.2 Å². The van der Waals surface area contributed by atoms with E-state index in [9.17, 15) is 0 Å². The van der Waals surface area contributed by atoms with Crippen molar-refractivity contribution >= 4 is 23.0 Å². The number of nitrogens with one attached hydrogen (secondary N) is 1. The summed E-state index contributed by atoms with van der Waals surface area (Å²) >= 11 is 5.75. The van der Waals surface area contributed by atoms with Crippen LogP contribution in [0.4, 0.5) is 5.69 Å². The summed E-state index contributed by atoms with van der Waals surface area (Å²) < 4.78 is 0. The fraction of sp³-hybridized carbons (Fsp3) is 0.696. The van der Waals surface area contributed by atoms with Gasteiger partial charge in [-0.15, -0.1) is 0 Å². The third-order valence-electron chi connectivity index (χ3n) is 7.87. The largest absolute Gasteiger partial charge is 0.346 e. The normalized spacial score (nSPS) is 35.5. The van der Waals surface area contributed by atoms with E-state index >= 15 is 0 Å². The number of hydrogen-bond donors (Lipinski definition) is 1. The molecule has 5 aliphatic rings. The predicted molar refractivity (Wildman–Crippen MR) is 116 cm³/mol.